The summed E-state index contributed by atoms with van der Waals surface area (Å²) in [6.07, 6.45) is 4.67. The Labute approximate surface area is 139 Å². The van der Waals surface area contributed by atoms with Crippen molar-refractivity contribution in [2.24, 2.45) is 29.1 Å². The topological polar surface area (TPSA) is 43.4 Å². The predicted octanol–water partition coefficient (Wildman–Crippen LogP) is 4.16. The van der Waals surface area contributed by atoms with E-state index in [2.05, 4.69) is 13.8 Å². The van der Waals surface area contributed by atoms with E-state index in [0.29, 0.717) is 34.0 Å². The van der Waals surface area contributed by atoms with Crippen molar-refractivity contribution in [1.29, 1.82) is 0 Å². The fourth-order valence-corrected chi connectivity index (χ4v) is 6.75. The van der Waals surface area contributed by atoms with Crippen molar-refractivity contribution in [2.75, 3.05) is 0 Å². The van der Waals surface area contributed by atoms with Crippen LogP contribution >= 0.6 is 0 Å². The summed E-state index contributed by atoms with van der Waals surface area (Å²) < 4.78 is 31.4. The van der Waals surface area contributed by atoms with Crippen LogP contribution in [0.3, 0.4) is 0 Å². The van der Waals surface area contributed by atoms with Crippen molar-refractivity contribution in [3.8, 4) is 0 Å². The first-order valence-corrected chi connectivity index (χ1v) is 10.2. The van der Waals surface area contributed by atoms with Crippen LogP contribution in [0.15, 0.2) is 29.2 Å². The number of rotatable bonds is 3. The zero-order valence-electron chi connectivity index (χ0n) is 14.2. The fraction of sp³-hybridized carbons (Fsp3) is 0.684. The molecule has 0 heterocycles. The highest BCUT2D eigenvalue weighted by atomic mass is 32.2. The average Bonchev–Trinajstić information content (AvgIpc) is 2.92. The van der Waals surface area contributed by atoms with Gasteiger partial charge in [-0.05, 0) is 67.4 Å². The van der Waals surface area contributed by atoms with Crippen LogP contribution in [0.2, 0.25) is 0 Å². The minimum atomic E-state index is -3.67. The van der Waals surface area contributed by atoms with E-state index in [-0.39, 0.29) is 6.10 Å². The van der Waals surface area contributed by atoms with E-state index in [4.69, 9.17) is 4.18 Å². The molecule has 0 aliphatic heterocycles. The van der Waals surface area contributed by atoms with Crippen LogP contribution in [0.1, 0.15) is 45.1 Å². The molecule has 3 saturated carbocycles. The summed E-state index contributed by atoms with van der Waals surface area (Å²) >= 11 is 0. The highest BCUT2D eigenvalue weighted by Crippen LogP contribution is 2.68. The Hall–Kier alpha value is -0.870. The minimum absolute atomic E-state index is 0.123. The first-order valence-electron chi connectivity index (χ1n) is 8.83. The summed E-state index contributed by atoms with van der Waals surface area (Å²) in [5.74, 6) is 2.04. The zero-order chi connectivity index (χ0) is 16.4. The van der Waals surface area contributed by atoms with Crippen LogP contribution in [0, 0.1) is 36.0 Å². The van der Waals surface area contributed by atoms with E-state index < -0.39 is 10.1 Å². The third-order valence-electron chi connectivity index (χ3n) is 7.07. The molecule has 3 fully saturated rings. The first-order chi connectivity index (χ1) is 10.8. The van der Waals surface area contributed by atoms with E-state index in [1.54, 1.807) is 12.1 Å². The highest BCUT2D eigenvalue weighted by Gasteiger charge is 2.65. The Balaban J connectivity index is 1.64. The molecule has 1 aromatic carbocycles. The van der Waals surface area contributed by atoms with Gasteiger partial charge in [0.05, 0.1) is 11.0 Å². The lowest BCUT2D eigenvalue weighted by molar-refractivity contribution is -0.00507. The number of benzene rings is 1. The summed E-state index contributed by atoms with van der Waals surface area (Å²) in [6.45, 7) is 6.59. The molecule has 4 rings (SSSR count). The molecule has 0 aromatic heterocycles. The third-order valence-corrected chi connectivity index (χ3v) is 8.39. The maximum atomic E-state index is 12.8. The van der Waals surface area contributed by atoms with Gasteiger partial charge in [-0.1, -0.05) is 38.0 Å². The monoisotopic (exact) mass is 334 g/mol. The highest BCUT2D eigenvalue weighted by molar-refractivity contribution is 7.86. The number of hydrogen-bond donors (Lipinski definition) is 0. The number of hydrogen-bond acceptors (Lipinski definition) is 3. The van der Waals surface area contributed by atoms with Crippen molar-refractivity contribution in [1.82, 2.24) is 0 Å². The van der Waals surface area contributed by atoms with Gasteiger partial charge in [-0.2, -0.15) is 8.42 Å². The third kappa shape index (κ3) is 2.21. The van der Waals surface area contributed by atoms with E-state index in [0.717, 1.165) is 12.0 Å². The number of aryl methyl sites for hydroxylation is 1. The molecule has 1 aromatic rings. The molecule has 0 amide bonds. The van der Waals surface area contributed by atoms with E-state index in [9.17, 15) is 8.42 Å². The van der Waals surface area contributed by atoms with Gasteiger partial charge in [-0.3, -0.25) is 4.18 Å². The van der Waals surface area contributed by atoms with Gasteiger partial charge in [0.15, 0.2) is 0 Å². The lowest BCUT2D eigenvalue weighted by Gasteiger charge is -2.47. The van der Waals surface area contributed by atoms with Gasteiger partial charge in [0, 0.05) is 0 Å². The van der Waals surface area contributed by atoms with Gasteiger partial charge in [0.2, 0.25) is 0 Å². The Bertz CT molecular complexity index is 709. The van der Waals surface area contributed by atoms with Crippen LogP contribution in [0.5, 0.6) is 0 Å². The molecule has 0 radical (unpaired) electrons. The molecule has 3 nitrogen and oxygen atoms in total. The molecular weight excluding hydrogens is 308 g/mol. The largest absolute Gasteiger partial charge is 0.297 e. The molecular formula is C19H26O3S. The van der Waals surface area contributed by atoms with Gasteiger partial charge in [0.25, 0.3) is 10.1 Å². The molecule has 0 N–H and O–H groups in total. The summed E-state index contributed by atoms with van der Waals surface area (Å²) in [5, 5.41) is 0. The lowest BCUT2D eigenvalue weighted by Crippen LogP contribution is -2.42. The minimum Gasteiger partial charge on any atom is -0.262 e. The van der Waals surface area contributed by atoms with Gasteiger partial charge in [0.1, 0.15) is 0 Å². The predicted molar refractivity (Wildman–Crippen MR) is 89.4 cm³/mol. The van der Waals surface area contributed by atoms with Crippen LogP contribution in [-0.2, 0) is 14.3 Å². The molecule has 3 aliphatic carbocycles. The summed E-state index contributed by atoms with van der Waals surface area (Å²) in [4.78, 5) is 0.290. The lowest BCUT2D eigenvalue weighted by atomic mass is 9.59. The van der Waals surface area contributed by atoms with Gasteiger partial charge >= 0.3 is 0 Å². The van der Waals surface area contributed by atoms with E-state index in [1.165, 1.54) is 19.3 Å². The Morgan fingerprint density at radius 3 is 2.39 bits per heavy atom. The second-order valence-electron chi connectivity index (χ2n) is 8.22. The van der Waals surface area contributed by atoms with Gasteiger partial charge in [-0.15, -0.1) is 0 Å². The smallest absolute Gasteiger partial charge is 0.262 e. The van der Waals surface area contributed by atoms with Gasteiger partial charge in [-0.25, -0.2) is 0 Å². The molecule has 4 heteroatoms. The van der Waals surface area contributed by atoms with Crippen LogP contribution in [0.4, 0.5) is 0 Å². The standard InChI is InChI=1S/C19H26O3S/c1-12-4-7-14(8-5-12)23(20,21)22-18-16-10-11-19(16,3)15-9-6-13(2)17(15)18/h4-5,7-8,13,15-18H,6,9-11H2,1-3H3/t13-,15+,16+,17-,18-,19-/m1/s1. The van der Waals surface area contributed by atoms with E-state index >= 15 is 0 Å². The second kappa shape index (κ2) is 5.06. The Kier molecular flexibility index (Phi) is 3.44. The van der Waals surface area contributed by atoms with Crippen molar-refractivity contribution in [3.63, 3.8) is 0 Å². The Morgan fingerprint density at radius 1 is 1.09 bits per heavy atom. The van der Waals surface area contributed by atoms with E-state index in [1.807, 2.05) is 19.1 Å². The Morgan fingerprint density at radius 2 is 1.78 bits per heavy atom. The van der Waals surface area contributed by atoms with Gasteiger partial charge < -0.3 is 0 Å². The molecule has 0 spiro atoms. The van der Waals surface area contributed by atoms with Crippen molar-refractivity contribution in [3.05, 3.63) is 29.8 Å². The van der Waals surface area contributed by atoms with Crippen LogP contribution in [0.25, 0.3) is 0 Å². The zero-order valence-corrected chi connectivity index (χ0v) is 15.0. The maximum Gasteiger partial charge on any atom is 0.297 e. The van der Waals surface area contributed by atoms with Crippen LogP contribution < -0.4 is 0 Å². The van der Waals surface area contributed by atoms with Crippen molar-refractivity contribution >= 4 is 10.1 Å². The molecule has 23 heavy (non-hydrogen) atoms. The van der Waals surface area contributed by atoms with Crippen molar-refractivity contribution in [2.45, 2.75) is 57.5 Å². The first kappa shape index (κ1) is 15.6. The quantitative estimate of drug-likeness (QED) is 0.780. The molecule has 0 unspecified atom stereocenters. The normalized spacial score (nSPS) is 42.1. The summed E-state index contributed by atoms with van der Waals surface area (Å²) in [5.41, 5.74) is 1.36. The molecule has 126 valence electrons. The van der Waals surface area contributed by atoms with Crippen molar-refractivity contribution < 1.29 is 12.6 Å². The molecule has 0 saturated heterocycles. The maximum absolute atomic E-state index is 12.8. The van der Waals surface area contributed by atoms with Crippen LogP contribution in [-0.4, -0.2) is 14.5 Å². The number of fused-ring (bicyclic) bond motifs is 3. The fourth-order valence-electron chi connectivity index (χ4n) is 5.62. The summed E-state index contributed by atoms with van der Waals surface area (Å²) in [7, 11) is -3.67. The molecule has 0 bridgehead atoms. The molecule has 3 aliphatic rings. The second-order valence-corrected chi connectivity index (χ2v) is 9.79. The summed E-state index contributed by atoms with van der Waals surface area (Å²) in [6, 6.07) is 6.99. The average molecular weight is 334 g/mol. The SMILES string of the molecule is Cc1ccc(S(=O)(=O)O[C@H]2[C@@H]3[C@H](C)CC[C@@H]3[C@@]3(C)CC[C@@H]23)cc1. The molecule has 6 atom stereocenters.